The SMILES string of the molecule is CN1CCCN(Cl)CC1. The average molecular weight is 149 g/mol. The van der Waals surface area contributed by atoms with Gasteiger partial charge in [0.1, 0.15) is 0 Å². The lowest BCUT2D eigenvalue weighted by molar-refractivity contribution is 0.350. The van der Waals surface area contributed by atoms with Gasteiger partial charge in [0.25, 0.3) is 0 Å². The highest BCUT2D eigenvalue weighted by molar-refractivity contribution is 6.13. The normalized spacial score (nSPS) is 26.0. The van der Waals surface area contributed by atoms with E-state index in [0.29, 0.717) is 0 Å². The zero-order chi connectivity index (χ0) is 6.69. The second-order valence-electron chi connectivity index (χ2n) is 2.57. The van der Waals surface area contributed by atoms with Crippen LogP contribution in [0.15, 0.2) is 0 Å². The van der Waals surface area contributed by atoms with Crippen molar-refractivity contribution in [3.05, 3.63) is 0 Å². The van der Waals surface area contributed by atoms with Crippen LogP contribution in [-0.4, -0.2) is 42.5 Å². The van der Waals surface area contributed by atoms with Crippen LogP contribution in [0.1, 0.15) is 6.42 Å². The molecule has 9 heavy (non-hydrogen) atoms. The van der Waals surface area contributed by atoms with E-state index in [1.807, 2.05) is 4.42 Å². The summed E-state index contributed by atoms with van der Waals surface area (Å²) in [6.07, 6.45) is 1.19. The largest absolute Gasteiger partial charge is 0.305 e. The lowest BCUT2D eigenvalue weighted by Crippen LogP contribution is -2.23. The maximum Gasteiger partial charge on any atom is 0.0266 e. The standard InChI is InChI=1S/C6H13ClN2/c1-8-3-2-4-9(7)6-5-8/h2-6H2,1H3. The van der Waals surface area contributed by atoms with Crippen LogP contribution in [0, 0.1) is 0 Å². The first kappa shape index (κ1) is 7.32. The van der Waals surface area contributed by atoms with Crippen LogP contribution in [0.5, 0.6) is 0 Å². The fourth-order valence-corrected chi connectivity index (χ4v) is 1.21. The first-order valence-corrected chi connectivity index (χ1v) is 3.72. The molecule has 1 heterocycles. The molecule has 0 aromatic rings. The van der Waals surface area contributed by atoms with Crippen molar-refractivity contribution in [2.75, 3.05) is 33.2 Å². The number of likely N-dealkylation sites (N-methyl/N-ethyl adjacent to an activating group) is 1. The Morgan fingerprint density at radius 3 is 2.67 bits per heavy atom. The predicted octanol–water partition coefficient (Wildman–Crippen LogP) is 0.778. The van der Waals surface area contributed by atoms with Crippen molar-refractivity contribution in [3.63, 3.8) is 0 Å². The average Bonchev–Trinajstić information content (AvgIpc) is 1.97. The van der Waals surface area contributed by atoms with E-state index >= 15 is 0 Å². The summed E-state index contributed by atoms with van der Waals surface area (Å²) in [5.74, 6) is 0. The van der Waals surface area contributed by atoms with Crippen molar-refractivity contribution >= 4 is 11.8 Å². The van der Waals surface area contributed by atoms with Crippen LogP contribution in [-0.2, 0) is 0 Å². The molecule has 0 atom stereocenters. The molecular weight excluding hydrogens is 136 g/mol. The summed E-state index contributed by atoms with van der Waals surface area (Å²) in [6, 6.07) is 0. The second kappa shape index (κ2) is 3.40. The Hall–Kier alpha value is 0.210. The van der Waals surface area contributed by atoms with Gasteiger partial charge < -0.3 is 4.90 Å². The Kier molecular flexibility index (Phi) is 2.76. The van der Waals surface area contributed by atoms with Crippen LogP contribution in [0.4, 0.5) is 0 Å². The Bertz CT molecular complexity index is 77.1. The Balaban J connectivity index is 2.25. The van der Waals surface area contributed by atoms with E-state index in [1.54, 1.807) is 0 Å². The van der Waals surface area contributed by atoms with Gasteiger partial charge in [0, 0.05) is 19.6 Å². The first-order chi connectivity index (χ1) is 4.29. The van der Waals surface area contributed by atoms with Gasteiger partial charge in [-0.05, 0) is 31.8 Å². The Labute approximate surface area is 61.5 Å². The number of halogens is 1. The molecule has 1 saturated heterocycles. The smallest absolute Gasteiger partial charge is 0.0266 e. The molecule has 2 nitrogen and oxygen atoms in total. The molecule has 54 valence electrons. The molecule has 1 aliphatic heterocycles. The van der Waals surface area contributed by atoms with Crippen molar-refractivity contribution < 1.29 is 0 Å². The van der Waals surface area contributed by atoms with Gasteiger partial charge in [-0.25, -0.2) is 4.42 Å². The molecule has 0 aliphatic carbocycles. The first-order valence-electron chi connectivity index (χ1n) is 3.38. The molecule has 0 saturated carbocycles. The summed E-state index contributed by atoms with van der Waals surface area (Å²) < 4.78 is 1.86. The highest BCUT2D eigenvalue weighted by Gasteiger charge is 2.08. The lowest BCUT2D eigenvalue weighted by atomic mass is 10.4. The number of nitrogens with zero attached hydrogens (tertiary/aromatic N) is 2. The summed E-state index contributed by atoms with van der Waals surface area (Å²) in [6.45, 7) is 4.32. The van der Waals surface area contributed by atoms with Gasteiger partial charge >= 0.3 is 0 Å². The minimum Gasteiger partial charge on any atom is -0.305 e. The number of hydrogen-bond donors (Lipinski definition) is 0. The summed E-state index contributed by atoms with van der Waals surface area (Å²) >= 11 is 5.79. The molecule has 0 N–H and O–H groups in total. The van der Waals surface area contributed by atoms with E-state index in [1.165, 1.54) is 13.0 Å². The fraction of sp³-hybridized carbons (Fsp3) is 1.00. The van der Waals surface area contributed by atoms with Crippen molar-refractivity contribution in [1.29, 1.82) is 0 Å². The molecule has 1 aliphatic rings. The van der Waals surface area contributed by atoms with Crippen LogP contribution in [0.3, 0.4) is 0 Å². The predicted molar refractivity (Wildman–Crippen MR) is 39.5 cm³/mol. The molecule has 1 fully saturated rings. The van der Waals surface area contributed by atoms with Gasteiger partial charge in [-0.1, -0.05) is 0 Å². The summed E-state index contributed by atoms with van der Waals surface area (Å²) in [7, 11) is 2.13. The van der Waals surface area contributed by atoms with Gasteiger partial charge in [-0.3, -0.25) is 0 Å². The van der Waals surface area contributed by atoms with Crippen molar-refractivity contribution in [1.82, 2.24) is 9.32 Å². The van der Waals surface area contributed by atoms with Gasteiger partial charge in [0.2, 0.25) is 0 Å². The number of hydrogen-bond acceptors (Lipinski definition) is 2. The number of rotatable bonds is 0. The third-order valence-electron chi connectivity index (χ3n) is 1.66. The van der Waals surface area contributed by atoms with Gasteiger partial charge in [-0.15, -0.1) is 0 Å². The van der Waals surface area contributed by atoms with Crippen molar-refractivity contribution in [2.45, 2.75) is 6.42 Å². The zero-order valence-electron chi connectivity index (χ0n) is 5.81. The molecule has 0 unspecified atom stereocenters. The molecule has 0 amide bonds. The van der Waals surface area contributed by atoms with E-state index in [9.17, 15) is 0 Å². The van der Waals surface area contributed by atoms with Gasteiger partial charge in [0.15, 0.2) is 0 Å². The minimum atomic E-state index is 0.998. The molecule has 0 aromatic carbocycles. The summed E-state index contributed by atoms with van der Waals surface area (Å²) in [5, 5.41) is 0. The third kappa shape index (κ3) is 2.52. The fourth-order valence-electron chi connectivity index (χ4n) is 1.02. The molecule has 0 bridgehead atoms. The Morgan fingerprint density at radius 1 is 1.11 bits per heavy atom. The van der Waals surface area contributed by atoms with Gasteiger partial charge in [0.05, 0.1) is 0 Å². The quantitative estimate of drug-likeness (QED) is 0.469. The second-order valence-corrected chi connectivity index (χ2v) is 3.04. The third-order valence-corrected chi connectivity index (χ3v) is 2.00. The maximum atomic E-state index is 5.79. The van der Waals surface area contributed by atoms with E-state index in [4.69, 9.17) is 11.8 Å². The lowest BCUT2D eigenvalue weighted by Gasteiger charge is -2.11. The minimum absolute atomic E-state index is 0.998. The van der Waals surface area contributed by atoms with Crippen molar-refractivity contribution in [2.24, 2.45) is 0 Å². The summed E-state index contributed by atoms with van der Waals surface area (Å²) in [4.78, 5) is 2.31. The van der Waals surface area contributed by atoms with Gasteiger partial charge in [-0.2, -0.15) is 0 Å². The summed E-state index contributed by atoms with van der Waals surface area (Å²) in [5.41, 5.74) is 0. The molecule has 0 spiro atoms. The molecule has 0 radical (unpaired) electrons. The molecule has 1 rings (SSSR count). The zero-order valence-corrected chi connectivity index (χ0v) is 6.56. The molecule has 0 aromatic heterocycles. The van der Waals surface area contributed by atoms with E-state index in [0.717, 1.165) is 19.6 Å². The monoisotopic (exact) mass is 148 g/mol. The van der Waals surface area contributed by atoms with E-state index in [-0.39, 0.29) is 0 Å². The van der Waals surface area contributed by atoms with Crippen LogP contribution >= 0.6 is 11.8 Å². The topological polar surface area (TPSA) is 6.48 Å². The van der Waals surface area contributed by atoms with Crippen LogP contribution < -0.4 is 0 Å². The molecule has 3 heteroatoms. The molecular formula is C6H13ClN2. The van der Waals surface area contributed by atoms with Crippen LogP contribution in [0.2, 0.25) is 0 Å². The highest BCUT2D eigenvalue weighted by atomic mass is 35.5. The van der Waals surface area contributed by atoms with E-state index < -0.39 is 0 Å². The van der Waals surface area contributed by atoms with Crippen molar-refractivity contribution in [3.8, 4) is 0 Å². The highest BCUT2D eigenvalue weighted by Crippen LogP contribution is 2.02. The van der Waals surface area contributed by atoms with E-state index in [2.05, 4.69) is 11.9 Å². The maximum absolute atomic E-state index is 5.79. The van der Waals surface area contributed by atoms with Crippen LogP contribution in [0.25, 0.3) is 0 Å². The Morgan fingerprint density at radius 2 is 1.89 bits per heavy atom.